The molecular formula is C27H34N2O3. The number of hydrogen-bond acceptors (Lipinski definition) is 4. The molecular weight excluding hydrogens is 400 g/mol. The van der Waals surface area contributed by atoms with Gasteiger partial charge in [0, 0.05) is 37.2 Å². The number of amides is 1. The molecule has 0 spiro atoms. The first-order valence-corrected chi connectivity index (χ1v) is 11.4. The monoisotopic (exact) mass is 434 g/mol. The number of nitrogens with one attached hydrogen (secondary N) is 1. The van der Waals surface area contributed by atoms with Gasteiger partial charge in [0.25, 0.3) is 5.91 Å². The fraction of sp³-hybridized carbons (Fsp3) is 0.444. The van der Waals surface area contributed by atoms with E-state index in [1.165, 1.54) is 5.56 Å². The zero-order valence-electron chi connectivity index (χ0n) is 19.2. The van der Waals surface area contributed by atoms with Crippen LogP contribution in [0.5, 0.6) is 5.75 Å². The lowest BCUT2D eigenvalue weighted by atomic mass is 9.55. The summed E-state index contributed by atoms with van der Waals surface area (Å²) in [4.78, 5) is 15.3. The average molecular weight is 435 g/mol. The molecule has 32 heavy (non-hydrogen) atoms. The van der Waals surface area contributed by atoms with Crippen molar-refractivity contribution in [2.45, 2.75) is 42.7 Å². The molecule has 2 aromatic rings. The van der Waals surface area contributed by atoms with Gasteiger partial charge >= 0.3 is 0 Å². The summed E-state index contributed by atoms with van der Waals surface area (Å²) in [6.45, 7) is 6.61. The summed E-state index contributed by atoms with van der Waals surface area (Å²) in [7, 11) is 3.55. The Hall–Kier alpha value is -2.63. The van der Waals surface area contributed by atoms with Crippen molar-refractivity contribution in [1.82, 2.24) is 10.2 Å². The highest BCUT2D eigenvalue weighted by Crippen LogP contribution is 2.53. The van der Waals surface area contributed by atoms with Gasteiger partial charge in [-0.3, -0.25) is 9.69 Å². The van der Waals surface area contributed by atoms with E-state index < -0.39 is 0 Å². The maximum Gasteiger partial charge on any atom is 0.251 e. The van der Waals surface area contributed by atoms with Gasteiger partial charge in [0.1, 0.15) is 5.75 Å². The number of benzene rings is 2. The Morgan fingerprint density at radius 1 is 1.19 bits per heavy atom. The molecule has 1 saturated heterocycles. The molecule has 4 rings (SSSR count). The van der Waals surface area contributed by atoms with Crippen LogP contribution >= 0.6 is 0 Å². The summed E-state index contributed by atoms with van der Waals surface area (Å²) in [5.74, 6) is 0.844. The topological polar surface area (TPSA) is 50.8 Å². The van der Waals surface area contributed by atoms with Crippen molar-refractivity contribution in [2.75, 3.05) is 33.9 Å². The minimum atomic E-state index is -0.325. The van der Waals surface area contributed by atoms with Crippen molar-refractivity contribution in [2.24, 2.45) is 0 Å². The minimum absolute atomic E-state index is 0.00889. The van der Waals surface area contributed by atoms with E-state index >= 15 is 0 Å². The first-order valence-electron chi connectivity index (χ1n) is 11.4. The van der Waals surface area contributed by atoms with Gasteiger partial charge in [-0.1, -0.05) is 36.4 Å². The van der Waals surface area contributed by atoms with Crippen LogP contribution in [0.15, 0.2) is 67.3 Å². The maximum absolute atomic E-state index is 12.9. The van der Waals surface area contributed by atoms with Gasteiger partial charge in [-0.15, -0.1) is 6.58 Å². The molecule has 2 aromatic carbocycles. The van der Waals surface area contributed by atoms with Gasteiger partial charge in [0.05, 0.1) is 12.7 Å². The quantitative estimate of drug-likeness (QED) is 0.664. The van der Waals surface area contributed by atoms with Crippen molar-refractivity contribution in [3.8, 4) is 5.75 Å². The zero-order valence-corrected chi connectivity index (χ0v) is 19.2. The summed E-state index contributed by atoms with van der Waals surface area (Å²) in [6, 6.07) is 17.9. The van der Waals surface area contributed by atoms with Gasteiger partial charge in [0.2, 0.25) is 0 Å². The summed E-state index contributed by atoms with van der Waals surface area (Å²) < 4.78 is 12.0. The van der Waals surface area contributed by atoms with E-state index in [1.54, 1.807) is 7.11 Å². The van der Waals surface area contributed by atoms with E-state index in [4.69, 9.17) is 9.47 Å². The lowest BCUT2D eigenvalue weighted by molar-refractivity contribution is -0.146. The third-order valence-electron chi connectivity index (χ3n) is 7.47. The Kier molecular flexibility index (Phi) is 6.68. The van der Waals surface area contributed by atoms with Crippen LogP contribution in [0.1, 0.15) is 41.6 Å². The molecule has 1 heterocycles. The summed E-state index contributed by atoms with van der Waals surface area (Å²) in [5.41, 5.74) is 1.40. The molecule has 3 atom stereocenters. The number of carbonyl (C=O) groups excluding carboxylic acids is 1. The zero-order chi connectivity index (χ0) is 22.6. The predicted molar refractivity (Wildman–Crippen MR) is 127 cm³/mol. The largest absolute Gasteiger partial charge is 0.497 e. The molecule has 2 aliphatic rings. The molecule has 5 nitrogen and oxygen atoms in total. The number of likely N-dealkylation sites (tertiary alicyclic amines) is 1. The summed E-state index contributed by atoms with van der Waals surface area (Å²) >= 11 is 0. The summed E-state index contributed by atoms with van der Waals surface area (Å²) in [6.07, 6.45) is 5.54. The van der Waals surface area contributed by atoms with Crippen LogP contribution in [-0.2, 0) is 10.2 Å². The van der Waals surface area contributed by atoms with Gasteiger partial charge in [0.15, 0.2) is 0 Å². The Morgan fingerprint density at radius 2 is 2.00 bits per heavy atom. The van der Waals surface area contributed by atoms with E-state index in [9.17, 15) is 4.79 Å². The first kappa shape index (κ1) is 22.6. The Morgan fingerprint density at radius 3 is 2.72 bits per heavy atom. The Bertz CT molecular complexity index is 947. The second-order valence-electron chi connectivity index (χ2n) is 9.07. The van der Waals surface area contributed by atoms with Crippen LogP contribution < -0.4 is 10.1 Å². The smallest absolute Gasteiger partial charge is 0.251 e. The molecule has 0 aromatic heterocycles. The molecule has 5 heteroatoms. The molecule has 1 aliphatic heterocycles. The normalized spacial score (nSPS) is 27.9. The molecule has 1 aliphatic carbocycles. The van der Waals surface area contributed by atoms with Crippen molar-refractivity contribution in [3.05, 3.63) is 78.4 Å². The summed E-state index contributed by atoms with van der Waals surface area (Å²) in [5, 5.41) is 3.31. The minimum Gasteiger partial charge on any atom is -0.497 e. The van der Waals surface area contributed by atoms with Crippen molar-refractivity contribution < 1.29 is 14.3 Å². The van der Waals surface area contributed by atoms with Gasteiger partial charge in [-0.25, -0.2) is 0 Å². The van der Waals surface area contributed by atoms with Crippen molar-refractivity contribution >= 4 is 5.91 Å². The third-order valence-corrected chi connectivity index (χ3v) is 7.47. The SMILES string of the molecule is C=CCN1CC[C@@]2(c3cccc(OC)c3)C[C@H](NC(=O)c3ccccc3)CC[C@]2(OC)C1. The van der Waals surface area contributed by atoms with Gasteiger partial charge < -0.3 is 14.8 Å². The molecule has 0 unspecified atom stereocenters. The van der Waals surface area contributed by atoms with Crippen molar-refractivity contribution in [3.63, 3.8) is 0 Å². The van der Waals surface area contributed by atoms with E-state index in [0.29, 0.717) is 5.56 Å². The number of fused-ring (bicyclic) bond motifs is 1. The lowest BCUT2D eigenvalue weighted by Crippen LogP contribution is -2.67. The van der Waals surface area contributed by atoms with Gasteiger partial charge in [-0.05, 0) is 62.1 Å². The standard InChI is InChI=1S/C27H34N2O3/c1-4-16-29-17-15-26(22-11-8-12-24(18-22)31-2)19-23(13-14-27(26,20-29)32-3)28-25(30)21-9-6-5-7-10-21/h4-12,18,23H,1,13-17,19-20H2,2-3H3,(H,28,30)/t23-,26+,27+/m1/s1. The average Bonchev–Trinajstić information content (AvgIpc) is 2.84. The van der Waals surface area contributed by atoms with Crippen LogP contribution in [0.25, 0.3) is 0 Å². The highest BCUT2D eigenvalue weighted by molar-refractivity contribution is 5.94. The predicted octanol–water partition coefficient (Wildman–Crippen LogP) is 4.19. The van der Waals surface area contributed by atoms with E-state index in [2.05, 4.69) is 35.0 Å². The molecule has 2 fully saturated rings. The first-order chi connectivity index (χ1) is 15.6. The number of rotatable bonds is 7. The second-order valence-corrected chi connectivity index (χ2v) is 9.07. The maximum atomic E-state index is 12.9. The number of piperidine rings is 1. The fourth-order valence-electron chi connectivity index (χ4n) is 5.83. The number of ether oxygens (including phenoxy) is 2. The van der Waals surface area contributed by atoms with Gasteiger partial charge in [-0.2, -0.15) is 0 Å². The van der Waals surface area contributed by atoms with Crippen LogP contribution in [0.3, 0.4) is 0 Å². The van der Waals surface area contributed by atoms with Crippen LogP contribution in [0.2, 0.25) is 0 Å². The highest BCUT2D eigenvalue weighted by Gasteiger charge is 2.58. The molecule has 1 amide bonds. The highest BCUT2D eigenvalue weighted by atomic mass is 16.5. The van der Waals surface area contributed by atoms with Crippen LogP contribution in [0.4, 0.5) is 0 Å². The van der Waals surface area contributed by atoms with Crippen LogP contribution in [0, 0.1) is 0 Å². The number of nitrogens with zero attached hydrogens (tertiary/aromatic N) is 1. The van der Waals surface area contributed by atoms with Crippen molar-refractivity contribution in [1.29, 1.82) is 0 Å². The Labute approximate surface area is 191 Å². The van der Waals surface area contributed by atoms with Crippen LogP contribution in [-0.4, -0.2) is 56.3 Å². The number of methoxy groups -OCH3 is 2. The van der Waals surface area contributed by atoms with E-state index in [1.807, 2.05) is 49.6 Å². The molecule has 1 saturated carbocycles. The molecule has 1 N–H and O–H groups in total. The third kappa shape index (κ3) is 4.07. The van der Waals surface area contributed by atoms with E-state index in [0.717, 1.165) is 51.1 Å². The van der Waals surface area contributed by atoms with E-state index in [-0.39, 0.29) is 23.0 Å². The number of carbonyl (C=O) groups is 1. The fourth-order valence-corrected chi connectivity index (χ4v) is 5.83. The molecule has 0 bridgehead atoms. The lowest BCUT2D eigenvalue weighted by Gasteiger charge is -2.59. The second kappa shape index (κ2) is 9.47. The molecule has 170 valence electrons. The Balaban J connectivity index is 1.68. The molecule has 0 radical (unpaired) electrons. The number of hydrogen-bond donors (Lipinski definition) is 1.